The van der Waals surface area contributed by atoms with Gasteiger partial charge in [-0.25, -0.2) is 5.43 Å². The van der Waals surface area contributed by atoms with Crippen LogP contribution in [-0.2, 0) is 15.0 Å². The largest absolute Gasteiger partial charge is 0.493 e. The number of hydrazone groups is 1. The third-order valence-electron chi connectivity index (χ3n) is 5.68. The number of amides is 1. The second-order valence-electron chi connectivity index (χ2n) is 7.70. The summed E-state index contributed by atoms with van der Waals surface area (Å²) in [4.78, 5) is 24.1. The molecule has 0 aromatic heterocycles. The Morgan fingerprint density at radius 2 is 1.59 bits per heavy atom. The highest BCUT2D eigenvalue weighted by atomic mass is 16.6. The molecule has 0 aliphatic heterocycles. The van der Waals surface area contributed by atoms with Gasteiger partial charge in [0.1, 0.15) is 0 Å². The highest BCUT2D eigenvalue weighted by Crippen LogP contribution is 2.58. The molecule has 0 spiro atoms. The Balaban J connectivity index is 1.49. The molecule has 1 aliphatic rings. The number of rotatable bonds is 7. The van der Waals surface area contributed by atoms with Gasteiger partial charge in [-0.05, 0) is 41.3 Å². The van der Waals surface area contributed by atoms with E-state index in [1.54, 1.807) is 18.2 Å². The van der Waals surface area contributed by atoms with Gasteiger partial charge in [0, 0.05) is 12.3 Å². The Hall–Kier alpha value is -3.93. The van der Waals surface area contributed by atoms with Crippen molar-refractivity contribution in [3.63, 3.8) is 0 Å². The Bertz CT molecular complexity index is 1100. The van der Waals surface area contributed by atoms with Crippen molar-refractivity contribution in [3.05, 3.63) is 95.6 Å². The number of methoxy groups -OCH3 is 1. The van der Waals surface area contributed by atoms with Gasteiger partial charge in [0.15, 0.2) is 11.5 Å². The molecule has 4 rings (SSSR count). The molecule has 1 atom stereocenters. The minimum absolute atomic E-state index is 0.127. The molecular weight excluding hydrogens is 404 g/mol. The third kappa shape index (κ3) is 4.25. The predicted molar refractivity (Wildman–Crippen MR) is 122 cm³/mol. The maximum Gasteiger partial charge on any atom is 0.308 e. The Kier molecular flexibility index (Phi) is 6.03. The summed E-state index contributed by atoms with van der Waals surface area (Å²) < 4.78 is 10.4. The Morgan fingerprint density at radius 1 is 0.969 bits per heavy atom. The molecule has 1 fully saturated rings. The van der Waals surface area contributed by atoms with Crippen molar-refractivity contribution in [2.45, 2.75) is 18.8 Å². The van der Waals surface area contributed by atoms with E-state index in [1.807, 2.05) is 36.4 Å². The van der Waals surface area contributed by atoms with E-state index in [9.17, 15) is 9.59 Å². The van der Waals surface area contributed by atoms with Gasteiger partial charge in [0.25, 0.3) is 0 Å². The SMILES string of the molecule is COc1cc(/C=N\NC(=O)[C@H]2CC2(c2ccccc2)c2ccccc2)ccc1OC(C)=O. The minimum Gasteiger partial charge on any atom is -0.493 e. The number of benzene rings is 3. The van der Waals surface area contributed by atoms with Crippen molar-refractivity contribution in [1.82, 2.24) is 5.43 Å². The minimum atomic E-state index is -0.429. The number of nitrogens with zero attached hydrogens (tertiary/aromatic N) is 1. The molecule has 6 nitrogen and oxygen atoms in total. The molecular formula is C26H24N2O4. The molecule has 0 radical (unpaired) electrons. The number of ether oxygens (including phenoxy) is 2. The maximum absolute atomic E-state index is 12.9. The van der Waals surface area contributed by atoms with Crippen molar-refractivity contribution in [3.8, 4) is 11.5 Å². The number of hydrogen-bond donors (Lipinski definition) is 1. The maximum atomic E-state index is 12.9. The molecule has 3 aromatic rings. The molecule has 1 amide bonds. The van der Waals surface area contributed by atoms with Gasteiger partial charge in [-0.3, -0.25) is 9.59 Å². The first-order valence-electron chi connectivity index (χ1n) is 10.3. The first-order valence-corrected chi connectivity index (χ1v) is 10.3. The van der Waals surface area contributed by atoms with Crippen LogP contribution in [-0.4, -0.2) is 25.2 Å². The van der Waals surface area contributed by atoms with Crippen LogP contribution >= 0.6 is 0 Å². The molecule has 32 heavy (non-hydrogen) atoms. The van der Waals surface area contributed by atoms with Gasteiger partial charge in [0.05, 0.1) is 19.2 Å². The quantitative estimate of drug-likeness (QED) is 0.266. The smallest absolute Gasteiger partial charge is 0.308 e. The van der Waals surface area contributed by atoms with Crippen molar-refractivity contribution in [2.24, 2.45) is 11.0 Å². The lowest BCUT2D eigenvalue weighted by atomic mass is 9.85. The van der Waals surface area contributed by atoms with Gasteiger partial charge >= 0.3 is 5.97 Å². The fourth-order valence-electron chi connectivity index (χ4n) is 4.11. The molecule has 6 heteroatoms. The number of hydrogen-bond acceptors (Lipinski definition) is 5. The fourth-order valence-corrected chi connectivity index (χ4v) is 4.11. The van der Waals surface area contributed by atoms with Crippen molar-refractivity contribution in [2.75, 3.05) is 7.11 Å². The molecule has 0 saturated heterocycles. The van der Waals surface area contributed by atoms with Crippen LogP contribution in [0.5, 0.6) is 11.5 Å². The summed E-state index contributed by atoms with van der Waals surface area (Å²) in [6, 6.07) is 25.3. The van der Waals surface area contributed by atoms with E-state index in [2.05, 4.69) is 34.8 Å². The molecule has 1 saturated carbocycles. The molecule has 0 heterocycles. The first kappa shape index (κ1) is 21.3. The molecule has 162 valence electrons. The summed E-state index contributed by atoms with van der Waals surface area (Å²) >= 11 is 0. The molecule has 1 N–H and O–H groups in total. The van der Waals surface area contributed by atoms with E-state index < -0.39 is 5.97 Å². The van der Waals surface area contributed by atoms with E-state index in [4.69, 9.17) is 9.47 Å². The number of esters is 1. The van der Waals surface area contributed by atoms with E-state index in [0.29, 0.717) is 17.1 Å². The Labute approximate surface area is 186 Å². The van der Waals surface area contributed by atoms with Crippen LogP contribution in [0.4, 0.5) is 0 Å². The zero-order valence-corrected chi connectivity index (χ0v) is 17.9. The van der Waals surface area contributed by atoms with Gasteiger partial charge < -0.3 is 9.47 Å². The third-order valence-corrected chi connectivity index (χ3v) is 5.68. The highest BCUT2D eigenvalue weighted by molar-refractivity contribution is 5.88. The number of carbonyl (C=O) groups excluding carboxylic acids is 2. The summed E-state index contributed by atoms with van der Waals surface area (Å²) in [7, 11) is 1.49. The second-order valence-corrected chi connectivity index (χ2v) is 7.70. The topological polar surface area (TPSA) is 77.0 Å². The summed E-state index contributed by atoms with van der Waals surface area (Å²) in [6.45, 7) is 1.33. The van der Waals surface area contributed by atoms with Crippen LogP contribution in [0.1, 0.15) is 30.0 Å². The van der Waals surface area contributed by atoms with E-state index in [1.165, 1.54) is 20.2 Å². The van der Waals surface area contributed by atoms with E-state index >= 15 is 0 Å². The monoisotopic (exact) mass is 428 g/mol. The van der Waals surface area contributed by atoms with Gasteiger partial charge in [0.2, 0.25) is 5.91 Å². The summed E-state index contributed by atoms with van der Waals surface area (Å²) in [5, 5.41) is 4.13. The molecule has 1 aliphatic carbocycles. The van der Waals surface area contributed by atoms with Gasteiger partial charge in [-0.15, -0.1) is 0 Å². The predicted octanol–water partition coefficient (Wildman–Crippen LogP) is 4.08. The summed E-state index contributed by atoms with van der Waals surface area (Å²) in [6.07, 6.45) is 2.26. The first-order chi connectivity index (χ1) is 15.5. The normalized spacial score (nSPS) is 16.4. The van der Waals surface area contributed by atoms with Crippen LogP contribution < -0.4 is 14.9 Å². The van der Waals surface area contributed by atoms with Crippen molar-refractivity contribution in [1.29, 1.82) is 0 Å². The molecule has 0 unspecified atom stereocenters. The number of carbonyl (C=O) groups is 2. The van der Waals surface area contributed by atoms with Crippen LogP contribution in [0.2, 0.25) is 0 Å². The average molecular weight is 428 g/mol. The van der Waals surface area contributed by atoms with E-state index in [0.717, 1.165) is 17.5 Å². The van der Waals surface area contributed by atoms with E-state index in [-0.39, 0.29) is 17.2 Å². The number of nitrogens with one attached hydrogen (secondary N) is 1. The zero-order chi connectivity index (χ0) is 22.6. The zero-order valence-electron chi connectivity index (χ0n) is 17.9. The summed E-state index contributed by atoms with van der Waals surface area (Å²) in [5.74, 6) is -0.0241. The van der Waals surface area contributed by atoms with Crippen molar-refractivity contribution < 1.29 is 19.1 Å². The molecule has 3 aromatic carbocycles. The van der Waals surface area contributed by atoms with Gasteiger partial charge in [-0.1, -0.05) is 60.7 Å². The lowest BCUT2D eigenvalue weighted by Crippen LogP contribution is -2.25. The van der Waals surface area contributed by atoms with Crippen LogP contribution in [0.25, 0.3) is 0 Å². The summed E-state index contributed by atoms with van der Waals surface area (Å²) in [5.41, 5.74) is 5.29. The molecule has 0 bridgehead atoms. The lowest BCUT2D eigenvalue weighted by molar-refractivity contribution is -0.132. The van der Waals surface area contributed by atoms with Crippen LogP contribution in [0.15, 0.2) is 84.0 Å². The van der Waals surface area contributed by atoms with Gasteiger partial charge in [-0.2, -0.15) is 5.10 Å². The fraction of sp³-hybridized carbons (Fsp3) is 0.192. The Morgan fingerprint density at radius 3 is 2.16 bits per heavy atom. The highest BCUT2D eigenvalue weighted by Gasteiger charge is 2.60. The van der Waals surface area contributed by atoms with Crippen molar-refractivity contribution >= 4 is 18.1 Å². The lowest BCUT2D eigenvalue weighted by Gasteiger charge is -2.18. The van der Waals surface area contributed by atoms with Crippen LogP contribution in [0.3, 0.4) is 0 Å². The second kappa shape index (κ2) is 9.06. The standard InChI is InChI=1S/C26H24N2O4/c1-18(29)32-23-14-13-19(15-24(23)31-2)17-27-28-25(30)22-16-26(22,20-9-5-3-6-10-20)21-11-7-4-8-12-21/h3-15,17,22H,16H2,1-2H3,(H,28,30)/b27-17-/t22-/m1/s1. The van der Waals surface area contributed by atoms with Crippen LogP contribution in [0, 0.1) is 5.92 Å². The average Bonchev–Trinajstić information content (AvgIpc) is 3.58.